The lowest BCUT2D eigenvalue weighted by atomic mass is 10.3. The second kappa shape index (κ2) is 6.95. The predicted molar refractivity (Wildman–Crippen MR) is 85.9 cm³/mol. The molecule has 0 aliphatic carbocycles. The molecule has 0 unspecified atom stereocenters. The summed E-state index contributed by atoms with van der Waals surface area (Å²) < 4.78 is 0. The monoisotopic (exact) mass is 307 g/mol. The highest BCUT2D eigenvalue weighted by Gasteiger charge is 2.11. The third-order valence-corrected chi connectivity index (χ3v) is 4.13. The Morgan fingerprint density at radius 3 is 2.70 bits per heavy atom. The zero-order valence-corrected chi connectivity index (χ0v) is 13.5. The van der Waals surface area contributed by atoms with Crippen LogP contribution >= 0.6 is 23.4 Å². The Kier molecular flexibility index (Phi) is 5.26. The molecular formula is C15H18ClN3S. The maximum absolute atomic E-state index is 6.03. The lowest BCUT2D eigenvalue weighted by Crippen LogP contribution is -2.07. The summed E-state index contributed by atoms with van der Waals surface area (Å²) in [4.78, 5) is 10.3. The fraction of sp³-hybridized carbons (Fsp3) is 0.333. The Labute approximate surface area is 129 Å². The van der Waals surface area contributed by atoms with Crippen molar-refractivity contribution in [2.24, 2.45) is 0 Å². The summed E-state index contributed by atoms with van der Waals surface area (Å²) in [7, 11) is 0. The molecular weight excluding hydrogens is 290 g/mol. The molecule has 0 amide bonds. The SMILES string of the molecule is CCNc1nc(CC)nc(Sc2cccc(Cl)c2)c1C. The quantitative estimate of drug-likeness (QED) is 0.820. The molecule has 1 aromatic heterocycles. The van der Waals surface area contributed by atoms with Gasteiger partial charge in [0.05, 0.1) is 0 Å². The standard InChI is InChI=1S/C15H18ClN3S/c1-4-13-18-14(17-5-2)10(3)15(19-13)20-12-8-6-7-11(16)9-12/h6-9H,4-5H2,1-3H3,(H,17,18,19). The minimum Gasteiger partial charge on any atom is -0.370 e. The second-order valence-corrected chi connectivity index (χ2v) is 5.86. The zero-order valence-electron chi connectivity index (χ0n) is 11.9. The van der Waals surface area contributed by atoms with E-state index >= 15 is 0 Å². The van der Waals surface area contributed by atoms with Gasteiger partial charge in [0.15, 0.2) is 0 Å². The molecule has 20 heavy (non-hydrogen) atoms. The summed E-state index contributed by atoms with van der Waals surface area (Å²) in [6, 6.07) is 7.82. The number of aryl methyl sites for hydroxylation is 1. The van der Waals surface area contributed by atoms with E-state index in [1.54, 1.807) is 11.8 Å². The molecule has 106 valence electrons. The van der Waals surface area contributed by atoms with E-state index in [-0.39, 0.29) is 0 Å². The number of aromatic nitrogens is 2. The van der Waals surface area contributed by atoms with Crippen LogP contribution in [0.5, 0.6) is 0 Å². The molecule has 0 aliphatic rings. The fourth-order valence-electron chi connectivity index (χ4n) is 1.78. The van der Waals surface area contributed by atoms with E-state index in [1.165, 1.54) is 0 Å². The summed E-state index contributed by atoms with van der Waals surface area (Å²) >= 11 is 7.65. The maximum Gasteiger partial charge on any atom is 0.133 e. The van der Waals surface area contributed by atoms with E-state index in [2.05, 4.69) is 29.1 Å². The fourth-order valence-corrected chi connectivity index (χ4v) is 2.99. The van der Waals surface area contributed by atoms with Gasteiger partial charge in [0.1, 0.15) is 16.7 Å². The van der Waals surface area contributed by atoms with E-state index in [9.17, 15) is 0 Å². The molecule has 0 atom stereocenters. The highest BCUT2D eigenvalue weighted by Crippen LogP contribution is 2.32. The van der Waals surface area contributed by atoms with E-state index in [0.29, 0.717) is 0 Å². The summed E-state index contributed by atoms with van der Waals surface area (Å²) in [6.45, 7) is 7.03. The van der Waals surface area contributed by atoms with Crippen LogP contribution in [0.25, 0.3) is 0 Å². The van der Waals surface area contributed by atoms with Gasteiger partial charge in [-0.2, -0.15) is 0 Å². The third-order valence-electron chi connectivity index (χ3n) is 2.82. The maximum atomic E-state index is 6.03. The van der Waals surface area contributed by atoms with E-state index in [1.807, 2.05) is 31.2 Å². The number of hydrogen-bond donors (Lipinski definition) is 1. The predicted octanol–water partition coefficient (Wildman–Crippen LogP) is 4.58. The van der Waals surface area contributed by atoms with Crippen LogP contribution in [0.1, 0.15) is 25.2 Å². The van der Waals surface area contributed by atoms with Crippen LogP contribution in [0.15, 0.2) is 34.2 Å². The summed E-state index contributed by atoms with van der Waals surface area (Å²) in [5.74, 6) is 1.78. The van der Waals surface area contributed by atoms with Gasteiger partial charge in [-0.3, -0.25) is 0 Å². The molecule has 0 fully saturated rings. The number of benzene rings is 1. The van der Waals surface area contributed by atoms with E-state index in [4.69, 9.17) is 11.6 Å². The van der Waals surface area contributed by atoms with Crippen molar-refractivity contribution >= 4 is 29.2 Å². The van der Waals surface area contributed by atoms with E-state index < -0.39 is 0 Å². The first kappa shape index (κ1) is 15.1. The third kappa shape index (κ3) is 3.64. The van der Waals surface area contributed by atoms with Gasteiger partial charge in [-0.15, -0.1) is 0 Å². The van der Waals surface area contributed by atoms with Gasteiger partial charge in [-0.1, -0.05) is 36.4 Å². The summed E-state index contributed by atoms with van der Waals surface area (Å²) in [6.07, 6.45) is 0.821. The van der Waals surface area contributed by atoms with Crippen molar-refractivity contribution in [3.63, 3.8) is 0 Å². The van der Waals surface area contributed by atoms with Gasteiger partial charge in [-0.25, -0.2) is 9.97 Å². The first-order valence-corrected chi connectivity index (χ1v) is 7.88. The van der Waals surface area contributed by atoms with Crippen LogP contribution in [-0.4, -0.2) is 16.5 Å². The van der Waals surface area contributed by atoms with Gasteiger partial charge in [0.25, 0.3) is 0 Å². The average molecular weight is 308 g/mol. The molecule has 1 heterocycles. The molecule has 0 bridgehead atoms. The smallest absolute Gasteiger partial charge is 0.133 e. The molecule has 0 aliphatic heterocycles. The van der Waals surface area contributed by atoms with Gasteiger partial charge < -0.3 is 5.32 Å². The second-order valence-electron chi connectivity index (χ2n) is 4.36. The zero-order chi connectivity index (χ0) is 14.5. The van der Waals surface area contributed by atoms with Crippen molar-refractivity contribution in [1.82, 2.24) is 9.97 Å². The molecule has 0 saturated carbocycles. The Morgan fingerprint density at radius 2 is 2.05 bits per heavy atom. The molecule has 1 N–H and O–H groups in total. The van der Waals surface area contributed by atoms with Crippen molar-refractivity contribution in [3.8, 4) is 0 Å². The number of hydrogen-bond acceptors (Lipinski definition) is 4. The number of nitrogens with one attached hydrogen (secondary N) is 1. The number of nitrogens with zero attached hydrogens (tertiary/aromatic N) is 2. The van der Waals surface area contributed by atoms with Crippen LogP contribution in [0.4, 0.5) is 5.82 Å². The first-order valence-electron chi connectivity index (χ1n) is 6.68. The minimum atomic E-state index is 0.740. The van der Waals surface area contributed by atoms with Gasteiger partial charge in [0.2, 0.25) is 0 Å². The number of halogens is 1. The van der Waals surface area contributed by atoms with E-state index in [0.717, 1.165) is 45.1 Å². The minimum absolute atomic E-state index is 0.740. The molecule has 1 aromatic carbocycles. The van der Waals surface area contributed by atoms with Gasteiger partial charge in [0, 0.05) is 28.4 Å². The number of anilines is 1. The van der Waals surface area contributed by atoms with Crippen LogP contribution < -0.4 is 5.32 Å². The lowest BCUT2D eigenvalue weighted by Gasteiger charge is -2.12. The van der Waals surface area contributed by atoms with Crippen molar-refractivity contribution in [3.05, 3.63) is 40.7 Å². The molecule has 0 radical (unpaired) electrons. The average Bonchev–Trinajstić information content (AvgIpc) is 2.43. The van der Waals surface area contributed by atoms with Crippen LogP contribution in [0.2, 0.25) is 5.02 Å². The molecule has 0 saturated heterocycles. The van der Waals surface area contributed by atoms with Crippen molar-refractivity contribution in [2.75, 3.05) is 11.9 Å². The molecule has 5 heteroatoms. The Balaban J connectivity index is 2.37. The Hall–Kier alpha value is -1.26. The first-order chi connectivity index (χ1) is 9.63. The highest BCUT2D eigenvalue weighted by molar-refractivity contribution is 7.99. The van der Waals surface area contributed by atoms with Crippen molar-refractivity contribution in [2.45, 2.75) is 37.1 Å². The number of rotatable bonds is 5. The lowest BCUT2D eigenvalue weighted by molar-refractivity contribution is 0.870. The normalized spacial score (nSPS) is 10.6. The molecule has 2 aromatic rings. The van der Waals surface area contributed by atoms with Gasteiger partial charge in [-0.05, 0) is 32.0 Å². The van der Waals surface area contributed by atoms with Gasteiger partial charge >= 0.3 is 0 Å². The largest absolute Gasteiger partial charge is 0.370 e. The Morgan fingerprint density at radius 1 is 1.25 bits per heavy atom. The van der Waals surface area contributed by atoms with Crippen LogP contribution in [-0.2, 0) is 6.42 Å². The van der Waals surface area contributed by atoms with Crippen LogP contribution in [0.3, 0.4) is 0 Å². The Bertz CT molecular complexity index is 602. The highest BCUT2D eigenvalue weighted by atomic mass is 35.5. The molecule has 3 nitrogen and oxygen atoms in total. The molecule has 0 spiro atoms. The topological polar surface area (TPSA) is 37.8 Å². The van der Waals surface area contributed by atoms with Crippen molar-refractivity contribution < 1.29 is 0 Å². The molecule has 2 rings (SSSR count). The van der Waals surface area contributed by atoms with Crippen molar-refractivity contribution in [1.29, 1.82) is 0 Å². The summed E-state index contributed by atoms with van der Waals surface area (Å²) in [5.41, 5.74) is 1.08. The van der Waals surface area contributed by atoms with Crippen LogP contribution in [0, 0.1) is 6.92 Å². The summed E-state index contributed by atoms with van der Waals surface area (Å²) in [5, 5.41) is 5.02.